The molecule has 0 spiro atoms. The molecule has 6 nitrogen and oxygen atoms in total. The molecule has 18 heavy (non-hydrogen) atoms. The number of H-pyrrole nitrogens is 1. The second-order valence-electron chi connectivity index (χ2n) is 4.26. The number of aromatic nitrogens is 2. The van der Waals surface area contributed by atoms with E-state index in [-0.39, 0.29) is 11.1 Å². The normalized spacial score (nSPS) is 27.3. The van der Waals surface area contributed by atoms with Crippen LogP contribution in [0.25, 0.3) is 0 Å². The first-order valence-electron chi connectivity index (χ1n) is 5.41. The van der Waals surface area contributed by atoms with E-state index in [0.717, 1.165) is 4.57 Å². The summed E-state index contributed by atoms with van der Waals surface area (Å²) in [5.74, 6) is 0. The fourth-order valence-electron chi connectivity index (χ4n) is 1.99. The van der Waals surface area contributed by atoms with E-state index in [1.165, 1.54) is 19.2 Å². The molecular formula is C11H13FN2O4. The van der Waals surface area contributed by atoms with E-state index in [1.807, 2.05) is 0 Å². The van der Waals surface area contributed by atoms with Crippen molar-refractivity contribution in [2.75, 3.05) is 6.61 Å². The molecule has 7 heteroatoms. The fourth-order valence-corrected chi connectivity index (χ4v) is 1.99. The van der Waals surface area contributed by atoms with Crippen molar-refractivity contribution in [3.63, 3.8) is 0 Å². The van der Waals surface area contributed by atoms with E-state index in [4.69, 9.17) is 5.11 Å². The van der Waals surface area contributed by atoms with Crippen LogP contribution in [-0.2, 0) is 0 Å². The molecule has 3 N–H and O–H groups in total. The Hall–Kier alpha value is -1.73. The third-order valence-electron chi connectivity index (χ3n) is 3.04. The Kier molecular flexibility index (Phi) is 3.18. The van der Waals surface area contributed by atoms with E-state index in [2.05, 4.69) is 4.98 Å². The van der Waals surface area contributed by atoms with Gasteiger partial charge >= 0.3 is 5.69 Å². The van der Waals surface area contributed by atoms with Crippen LogP contribution in [-0.4, -0.2) is 38.6 Å². The summed E-state index contributed by atoms with van der Waals surface area (Å²) in [5, 5.41) is 18.5. The maximum absolute atomic E-state index is 13.9. The van der Waals surface area contributed by atoms with E-state index in [0.29, 0.717) is 0 Å². The van der Waals surface area contributed by atoms with Crippen LogP contribution in [0.1, 0.15) is 11.6 Å². The van der Waals surface area contributed by atoms with Crippen LogP contribution in [0.2, 0.25) is 0 Å². The molecule has 0 saturated heterocycles. The predicted octanol–water partition coefficient (Wildman–Crippen LogP) is -0.983. The third-order valence-corrected chi connectivity index (χ3v) is 3.04. The first-order chi connectivity index (χ1) is 8.45. The maximum atomic E-state index is 13.9. The first kappa shape index (κ1) is 12.7. The molecule has 0 amide bonds. The summed E-state index contributed by atoms with van der Waals surface area (Å²) < 4.78 is 14.9. The average molecular weight is 256 g/mol. The molecule has 0 aliphatic heterocycles. The Morgan fingerprint density at radius 2 is 2.17 bits per heavy atom. The Bertz CT molecular complexity index is 604. The van der Waals surface area contributed by atoms with E-state index in [9.17, 15) is 19.1 Å². The molecule has 1 aliphatic rings. The van der Waals surface area contributed by atoms with Crippen LogP contribution < -0.4 is 11.2 Å². The number of nitrogens with zero attached hydrogens (tertiary/aromatic N) is 1. The van der Waals surface area contributed by atoms with Crippen LogP contribution in [0.4, 0.5) is 4.39 Å². The molecule has 0 bridgehead atoms. The van der Waals surface area contributed by atoms with Gasteiger partial charge in [-0.2, -0.15) is 0 Å². The van der Waals surface area contributed by atoms with Gasteiger partial charge in [-0.15, -0.1) is 0 Å². The number of alkyl halides is 1. The van der Waals surface area contributed by atoms with Crippen molar-refractivity contribution in [2.24, 2.45) is 0 Å². The summed E-state index contributed by atoms with van der Waals surface area (Å²) in [6, 6.07) is -1.02. The Labute approximate surface area is 101 Å². The lowest BCUT2D eigenvalue weighted by atomic mass is 10.1. The second-order valence-corrected chi connectivity index (χ2v) is 4.26. The number of aliphatic hydroxyl groups is 2. The minimum absolute atomic E-state index is 0.128. The Morgan fingerprint density at radius 1 is 1.50 bits per heavy atom. The van der Waals surface area contributed by atoms with Crippen LogP contribution in [0.5, 0.6) is 0 Å². The molecule has 98 valence electrons. The molecule has 1 aromatic rings. The van der Waals surface area contributed by atoms with Crippen molar-refractivity contribution in [1.82, 2.24) is 9.55 Å². The molecular weight excluding hydrogens is 243 g/mol. The highest BCUT2D eigenvalue weighted by Gasteiger charge is 2.37. The standard InChI is InChI=1S/C11H13FN2O4/c1-5-3-14(11(18)13-10(5)17)7-2-6(4-15)9(16)8(7)12/h2-3,7-9,15-16H,4H2,1H3,(H,13,17,18)/t7-,8-,9?/m1/s1. The molecule has 0 aromatic carbocycles. The van der Waals surface area contributed by atoms with E-state index < -0.39 is 36.2 Å². The van der Waals surface area contributed by atoms with Gasteiger partial charge in [0.2, 0.25) is 0 Å². The summed E-state index contributed by atoms with van der Waals surface area (Å²) >= 11 is 0. The van der Waals surface area contributed by atoms with Gasteiger partial charge in [0.05, 0.1) is 12.6 Å². The number of hydrogen-bond acceptors (Lipinski definition) is 4. The highest BCUT2D eigenvalue weighted by atomic mass is 19.1. The van der Waals surface area contributed by atoms with Crippen LogP contribution in [0.15, 0.2) is 27.4 Å². The van der Waals surface area contributed by atoms with Gasteiger partial charge in [-0.3, -0.25) is 14.3 Å². The van der Waals surface area contributed by atoms with Gasteiger partial charge in [-0.1, -0.05) is 6.08 Å². The van der Waals surface area contributed by atoms with Crippen LogP contribution in [0.3, 0.4) is 0 Å². The predicted molar refractivity (Wildman–Crippen MR) is 61.2 cm³/mol. The number of allylic oxidation sites excluding steroid dienone is 1. The monoisotopic (exact) mass is 256 g/mol. The lowest BCUT2D eigenvalue weighted by molar-refractivity contribution is 0.0899. The van der Waals surface area contributed by atoms with Crippen molar-refractivity contribution < 1.29 is 14.6 Å². The number of rotatable bonds is 2. The summed E-state index contributed by atoms with van der Waals surface area (Å²) in [5.41, 5.74) is -0.886. The third kappa shape index (κ3) is 1.91. The first-order valence-corrected chi connectivity index (χ1v) is 5.41. The van der Waals surface area contributed by atoms with Crippen molar-refractivity contribution in [3.05, 3.63) is 44.2 Å². The number of halogens is 1. The molecule has 1 heterocycles. The fraction of sp³-hybridized carbons (Fsp3) is 0.455. The molecule has 0 saturated carbocycles. The van der Waals surface area contributed by atoms with Crippen LogP contribution >= 0.6 is 0 Å². The largest absolute Gasteiger partial charge is 0.392 e. The van der Waals surface area contributed by atoms with Gasteiger partial charge in [0.15, 0.2) is 6.17 Å². The summed E-state index contributed by atoms with van der Waals surface area (Å²) in [6.07, 6.45) is -0.620. The summed E-state index contributed by atoms with van der Waals surface area (Å²) in [4.78, 5) is 24.9. The molecule has 2 rings (SSSR count). The van der Waals surface area contributed by atoms with Crippen LogP contribution in [0, 0.1) is 6.92 Å². The molecule has 0 radical (unpaired) electrons. The second kappa shape index (κ2) is 4.51. The van der Waals surface area contributed by atoms with Gasteiger partial charge in [0, 0.05) is 11.8 Å². The number of aliphatic hydroxyl groups excluding tert-OH is 2. The molecule has 1 aliphatic carbocycles. The highest BCUT2D eigenvalue weighted by molar-refractivity contribution is 5.23. The molecule has 1 aromatic heterocycles. The van der Waals surface area contributed by atoms with Gasteiger partial charge in [-0.05, 0) is 12.5 Å². The smallest absolute Gasteiger partial charge is 0.328 e. The van der Waals surface area contributed by atoms with Gasteiger partial charge < -0.3 is 10.2 Å². The van der Waals surface area contributed by atoms with Crippen molar-refractivity contribution in [1.29, 1.82) is 0 Å². The minimum Gasteiger partial charge on any atom is -0.392 e. The topological polar surface area (TPSA) is 95.3 Å². The number of aryl methyl sites for hydroxylation is 1. The summed E-state index contributed by atoms with van der Waals surface area (Å²) in [6.45, 7) is 1.01. The zero-order valence-electron chi connectivity index (χ0n) is 9.63. The van der Waals surface area contributed by atoms with Crippen molar-refractivity contribution >= 4 is 0 Å². The number of hydrogen-bond donors (Lipinski definition) is 3. The zero-order valence-corrected chi connectivity index (χ0v) is 9.63. The Balaban J connectivity index is 2.51. The van der Waals surface area contributed by atoms with Gasteiger partial charge in [-0.25, -0.2) is 9.18 Å². The van der Waals surface area contributed by atoms with Gasteiger partial charge in [0.25, 0.3) is 5.56 Å². The lowest BCUT2D eigenvalue weighted by Gasteiger charge is -2.17. The van der Waals surface area contributed by atoms with Crippen molar-refractivity contribution in [3.8, 4) is 0 Å². The molecule has 0 fully saturated rings. The number of aromatic amines is 1. The van der Waals surface area contributed by atoms with E-state index in [1.54, 1.807) is 0 Å². The van der Waals surface area contributed by atoms with Crippen molar-refractivity contribution in [2.45, 2.75) is 25.2 Å². The molecule has 3 atom stereocenters. The van der Waals surface area contributed by atoms with E-state index >= 15 is 0 Å². The zero-order chi connectivity index (χ0) is 13.4. The quantitative estimate of drug-likeness (QED) is 0.592. The lowest BCUT2D eigenvalue weighted by Crippen LogP contribution is -2.36. The summed E-state index contributed by atoms with van der Waals surface area (Å²) in [7, 11) is 0. The minimum atomic E-state index is -1.73. The Morgan fingerprint density at radius 3 is 2.72 bits per heavy atom. The molecule has 1 unspecified atom stereocenters. The number of nitrogens with one attached hydrogen (secondary N) is 1. The maximum Gasteiger partial charge on any atom is 0.328 e. The average Bonchev–Trinajstić information content (AvgIpc) is 2.61. The van der Waals surface area contributed by atoms with Gasteiger partial charge in [0.1, 0.15) is 6.10 Å². The SMILES string of the molecule is Cc1cn([C@@H]2C=C(CO)C(O)[C@@H]2F)c(=O)[nH]c1=O. The highest BCUT2D eigenvalue weighted by Crippen LogP contribution is 2.30.